The Hall–Kier alpha value is -2.15. The molecular weight excluding hydrogens is 304 g/mol. The van der Waals surface area contributed by atoms with Gasteiger partial charge in [0.2, 0.25) is 0 Å². The maximum absolute atomic E-state index is 13.1. The van der Waals surface area contributed by atoms with Gasteiger partial charge in [-0.25, -0.2) is 4.39 Å². The van der Waals surface area contributed by atoms with Crippen molar-refractivity contribution in [2.24, 2.45) is 5.73 Å². The zero-order valence-corrected chi connectivity index (χ0v) is 11.4. The molecular formula is C14H10F4N2S. The van der Waals surface area contributed by atoms with Gasteiger partial charge in [-0.2, -0.15) is 13.2 Å². The van der Waals surface area contributed by atoms with Gasteiger partial charge in [-0.05, 0) is 36.4 Å². The molecule has 0 saturated heterocycles. The van der Waals surface area contributed by atoms with E-state index in [1.807, 2.05) is 0 Å². The van der Waals surface area contributed by atoms with E-state index in [9.17, 15) is 17.6 Å². The molecule has 3 N–H and O–H groups in total. The van der Waals surface area contributed by atoms with Crippen LogP contribution < -0.4 is 11.1 Å². The van der Waals surface area contributed by atoms with Crippen LogP contribution in [0.4, 0.5) is 28.9 Å². The molecule has 2 rings (SSSR count). The number of nitrogens with two attached hydrogens (primary N) is 1. The molecule has 0 unspecified atom stereocenters. The van der Waals surface area contributed by atoms with Gasteiger partial charge in [-0.1, -0.05) is 18.3 Å². The van der Waals surface area contributed by atoms with Crippen molar-refractivity contribution < 1.29 is 17.6 Å². The molecule has 0 heterocycles. The van der Waals surface area contributed by atoms with Crippen LogP contribution in [0.3, 0.4) is 0 Å². The summed E-state index contributed by atoms with van der Waals surface area (Å²) in [4.78, 5) is -0.356. The summed E-state index contributed by atoms with van der Waals surface area (Å²) in [6.45, 7) is 0. The first-order chi connectivity index (χ1) is 9.77. The number of thiocarbonyl (C=S) groups is 1. The van der Waals surface area contributed by atoms with Crippen molar-refractivity contribution >= 4 is 28.6 Å². The van der Waals surface area contributed by atoms with Gasteiger partial charge in [-0.15, -0.1) is 0 Å². The predicted molar refractivity (Wildman–Crippen MR) is 77.0 cm³/mol. The molecule has 2 aromatic rings. The van der Waals surface area contributed by atoms with Crippen molar-refractivity contribution in [2.75, 3.05) is 5.32 Å². The highest BCUT2D eigenvalue weighted by atomic mass is 32.1. The number of alkyl halides is 3. The third kappa shape index (κ3) is 3.69. The Balaban J connectivity index is 2.39. The zero-order chi connectivity index (χ0) is 15.6. The molecule has 0 fully saturated rings. The first-order valence-electron chi connectivity index (χ1n) is 5.81. The first-order valence-corrected chi connectivity index (χ1v) is 6.22. The normalized spacial score (nSPS) is 11.2. The Morgan fingerprint density at radius 1 is 1.05 bits per heavy atom. The maximum atomic E-state index is 13.1. The van der Waals surface area contributed by atoms with E-state index in [4.69, 9.17) is 5.73 Å². The molecule has 0 saturated carbocycles. The molecule has 0 aliphatic heterocycles. The number of rotatable bonds is 3. The summed E-state index contributed by atoms with van der Waals surface area (Å²) < 4.78 is 51.6. The third-order valence-corrected chi connectivity index (χ3v) is 2.92. The van der Waals surface area contributed by atoms with Crippen LogP contribution in [0.2, 0.25) is 0 Å². The average molecular weight is 314 g/mol. The monoisotopic (exact) mass is 314 g/mol. The number of anilines is 2. The topological polar surface area (TPSA) is 38.0 Å². The largest absolute Gasteiger partial charge is 0.417 e. The van der Waals surface area contributed by atoms with E-state index in [1.165, 1.54) is 30.3 Å². The van der Waals surface area contributed by atoms with Gasteiger partial charge in [0.05, 0.1) is 5.56 Å². The summed E-state index contributed by atoms with van der Waals surface area (Å²) in [5, 5.41) is 2.80. The van der Waals surface area contributed by atoms with Gasteiger partial charge in [0, 0.05) is 16.9 Å². The molecule has 0 radical (unpaired) electrons. The fourth-order valence-corrected chi connectivity index (χ4v) is 1.97. The minimum atomic E-state index is -4.55. The third-order valence-electron chi connectivity index (χ3n) is 2.70. The molecule has 0 aliphatic rings. The summed E-state index contributed by atoms with van der Waals surface area (Å²) in [5.74, 6) is -0.457. The average Bonchev–Trinajstić information content (AvgIpc) is 2.37. The lowest BCUT2D eigenvalue weighted by Crippen LogP contribution is -2.18. The lowest BCUT2D eigenvalue weighted by atomic mass is 10.1. The smallest absolute Gasteiger partial charge is 0.389 e. The minimum absolute atomic E-state index is 0.279. The molecule has 2 nitrogen and oxygen atoms in total. The van der Waals surface area contributed by atoms with E-state index in [-0.39, 0.29) is 10.6 Å². The molecule has 0 amide bonds. The molecule has 0 aliphatic carbocycles. The van der Waals surface area contributed by atoms with Gasteiger partial charge in [0.25, 0.3) is 0 Å². The van der Waals surface area contributed by atoms with Crippen molar-refractivity contribution in [3.63, 3.8) is 0 Å². The predicted octanol–water partition coefficient (Wildman–Crippen LogP) is 4.22. The maximum Gasteiger partial charge on any atom is 0.417 e. The number of nitrogens with one attached hydrogen (secondary N) is 1. The fourth-order valence-electron chi connectivity index (χ4n) is 1.81. The standard InChI is InChI=1S/C14H10F4N2S/c15-8-2-1-3-9(6-8)20-10-4-5-12(14(16,17)18)11(7-10)13(19)21/h1-7,20H,(H2,19,21). The van der Waals surface area contributed by atoms with Crippen molar-refractivity contribution in [1.29, 1.82) is 0 Å². The van der Waals surface area contributed by atoms with Crippen LogP contribution >= 0.6 is 12.2 Å². The second-order valence-corrected chi connectivity index (χ2v) is 4.70. The highest BCUT2D eigenvalue weighted by Crippen LogP contribution is 2.33. The Bertz CT molecular complexity index is 683. The van der Waals surface area contributed by atoms with Crippen LogP contribution in [0, 0.1) is 5.82 Å². The summed E-state index contributed by atoms with van der Waals surface area (Å²) >= 11 is 4.65. The Labute approximate surface area is 123 Å². The van der Waals surface area contributed by atoms with E-state index in [0.717, 1.165) is 6.07 Å². The molecule has 2 aromatic carbocycles. The zero-order valence-electron chi connectivity index (χ0n) is 10.5. The first kappa shape index (κ1) is 15.2. The molecule has 0 spiro atoms. The van der Waals surface area contributed by atoms with Gasteiger partial charge in [0.15, 0.2) is 0 Å². The Morgan fingerprint density at radius 3 is 2.29 bits per heavy atom. The van der Waals surface area contributed by atoms with Crippen molar-refractivity contribution in [3.8, 4) is 0 Å². The second kappa shape index (κ2) is 5.69. The van der Waals surface area contributed by atoms with Gasteiger partial charge < -0.3 is 11.1 Å². The van der Waals surface area contributed by atoms with E-state index >= 15 is 0 Å². The van der Waals surface area contributed by atoms with Crippen molar-refractivity contribution in [2.45, 2.75) is 6.18 Å². The fraction of sp³-hybridized carbons (Fsp3) is 0.0714. The van der Waals surface area contributed by atoms with Crippen LogP contribution in [0.15, 0.2) is 42.5 Å². The van der Waals surface area contributed by atoms with E-state index in [1.54, 1.807) is 6.07 Å². The van der Waals surface area contributed by atoms with Crippen LogP contribution in [-0.2, 0) is 6.18 Å². The summed E-state index contributed by atoms with van der Waals surface area (Å²) in [6.07, 6.45) is -4.55. The van der Waals surface area contributed by atoms with Gasteiger partial charge in [-0.3, -0.25) is 0 Å². The van der Waals surface area contributed by atoms with Crippen LogP contribution in [0.1, 0.15) is 11.1 Å². The Kier molecular flexibility index (Phi) is 4.13. The molecule has 0 bridgehead atoms. The molecule has 21 heavy (non-hydrogen) atoms. The molecule has 0 aromatic heterocycles. The quantitative estimate of drug-likeness (QED) is 0.658. The van der Waals surface area contributed by atoms with E-state index in [2.05, 4.69) is 17.5 Å². The van der Waals surface area contributed by atoms with Gasteiger partial charge >= 0.3 is 6.18 Å². The van der Waals surface area contributed by atoms with Crippen LogP contribution in [0.25, 0.3) is 0 Å². The summed E-state index contributed by atoms with van der Waals surface area (Å²) in [7, 11) is 0. The number of hydrogen-bond acceptors (Lipinski definition) is 2. The summed E-state index contributed by atoms with van der Waals surface area (Å²) in [6, 6.07) is 8.86. The summed E-state index contributed by atoms with van der Waals surface area (Å²) in [5.41, 5.74) is 4.90. The lowest BCUT2D eigenvalue weighted by Gasteiger charge is -2.14. The van der Waals surface area contributed by atoms with E-state index < -0.39 is 17.6 Å². The minimum Gasteiger partial charge on any atom is -0.389 e. The SMILES string of the molecule is NC(=S)c1cc(Nc2cccc(F)c2)ccc1C(F)(F)F. The van der Waals surface area contributed by atoms with Gasteiger partial charge in [0.1, 0.15) is 10.8 Å². The number of benzene rings is 2. The molecule has 0 atom stereocenters. The lowest BCUT2D eigenvalue weighted by molar-refractivity contribution is -0.137. The highest BCUT2D eigenvalue weighted by molar-refractivity contribution is 7.80. The number of hydrogen-bond donors (Lipinski definition) is 2. The van der Waals surface area contributed by atoms with Crippen LogP contribution in [-0.4, -0.2) is 4.99 Å². The van der Waals surface area contributed by atoms with E-state index in [0.29, 0.717) is 11.4 Å². The molecule has 110 valence electrons. The van der Waals surface area contributed by atoms with Crippen molar-refractivity contribution in [1.82, 2.24) is 0 Å². The number of halogens is 4. The van der Waals surface area contributed by atoms with Crippen molar-refractivity contribution in [3.05, 3.63) is 59.4 Å². The molecule has 7 heteroatoms. The Morgan fingerprint density at radius 2 is 1.71 bits per heavy atom. The highest BCUT2D eigenvalue weighted by Gasteiger charge is 2.34. The van der Waals surface area contributed by atoms with Crippen LogP contribution in [0.5, 0.6) is 0 Å². The second-order valence-electron chi connectivity index (χ2n) is 4.26.